The van der Waals surface area contributed by atoms with Gasteiger partial charge in [0.25, 0.3) is 10.1 Å². The number of ether oxygens (including phenoxy) is 4. The van der Waals surface area contributed by atoms with Gasteiger partial charge in [0.05, 0.1) is 55.5 Å². The molecule has 0 amide bonds. The molecule has 308 valence electrons. The number of aryl methyl sites for hydroxylation is 2. The molecular formula is C39H76N2O9S2. The van der Waals surface area contributed by atoms with Gasteiger partial charge in [0.1, 0.15) is 9.80 Å². The molecule has 52 heavy (non-hydrogen) atoms. The summed E-state index contributed by atoms with van der Waals surface area (Å²) in [5.41, 5.74) is 7.24. The van der Waals surface area contributed by atoms with Gasteiger partial charge in [-0.05, 0) is 70.7 Å². The molecule has 0 aliphatic rings. The monoisotopic (exact) mass is 780 g/mol. The second-order valence-electron chi connectivity index (χ2n) is 11.8. The van der Waals surface area contributed by atoms with Crippen LogP contribution in [0.2, 0.25) is 0 Å². The second kappa shape index (κ2) is 36.1. The van der Waals surface area contributed by atoms with Crippen molar-refractivity contribution in [3.63, 3.8) is 0 Å². The highest BCUT2D eigenvalue weighted by atomic mass is 32.2. The van der Waals surface area contributed by atoms with Crippen LogP contribution in [0.1, 0.15) is 92.2 Å². The van der Waals surface area contributed by atoms with Crippen molar-refractivity contribution >= 4 is 25.8 Å². The quantitative estimate of drug-likeness (QED) is 0.0617. The van der Waals surface area contributed by atoms with Gasteiger partial charge >= 0.3 is 0 Å². The molecule has 0 fully saturated rings. The molecule has 3 unspecified atom stereocenters. The van der Waals surface area contributed by atoms with Gasteiger partial charge in [-0.2, -0.15) is 8.42 Å². The van der Waals surface area contributed by atoms with Gasteiger partial charge < -0.3 is 34.6 Å². The number of unbranched alkanes of at least 4 members (excludes halogenated alkanes) is 2. The highest BCUT2D eigenvalue weighted by Gasteiger charge is 2.18. The Morgan fingerprint density at radius 2 is 1.17 bits per heavy atom. The third-order valence-electron chi connectivity index (χ3n) is 6.81. The number of nitrogens with two attached hydrogens (primary N) is 1. The molecule has 2 rings (SSSR count). The molecule has 0 radical (unpaired) electrons. The molecule has 3 atom stereocenters. The van der Waals surface area contributed by atoms with Crippen LogP contribution in [0.5, 0.6) is 0 Å². The number of nitrogens with one attached hydrogen (secondary N) is 1. The molecule has 0 aliphatic carbocycles. The zero-order valence-corrected chi connectivity index (χ0v) is 33.6. The highest BCUT2D eigenvalue weighted by Crippen LogP contribution is 2.17. The van der Waals surface area contributed by atoms with E-state index >= 15 is 0 Å². The standard InChI is InChI=1S/C13H20O3S.C11H25NO2.C8H10O2S.C5H13NO2.2CH4/c1-4-5-6-12(3)16-17(14,15)13-9-7-11(2)8-10-13;1-4-5-6-11(2)12-7-8-14-10-9-13-3;1-7-3-5-8(6-4-7)11(2,9)10;1-7-4-5-8-3-2-6;;/h7-10,12H,4-6H2,1-3H3;11-12H,4-10H2,1-3H3;3-6H,2H2,1H3,(H,9,10);2-6H2,1H3;2*1H4. The Labute approximate surface area is 319 Å². The van der Waals surface area contributed by atoms with E-state index in [-0.39, 0.29) is 25.9 Å². The van der Waals surface area contributed by atoms with Crippen LogP contribution in [0, 0.1) is 13.8 Å². The summed E-state index contributed by atoms with van der Waals surface area (Å²) in [6, 6.07) is 14.1. The Kier molecular flexibility index (Phi) is 39.4. The van der Waals surface area contributed by atoms with Crippen LogP contribution < -0.4 is 11.1 Å². The van der Waals surface area contributed by atoms with Crippen LogP contribution in [0.25, 0.3) is 0 Å². The van der Waals surface area contributed by atoms with Crippen LogP contribution in [0.4, 0.5) is 0 Å². The van der Waals surface area contributed by atoms with E-state index in [1.165, 1.54) is 19.3 Å². The van der Waals surface area contributed by atoms with Crippen molar-refractivity contribution in [3.05, 3.63) is 59.7 Å². The molecule has 0 spiro atoms. The summed E-state index contributed by atoms with van der Waals surface area (Å²) in [4.78, 5) is 0.606. The fourth-order valence-electron chi connectivity index (χ4n) is 3.83. The lowest BCUT2D eigenvalue weighted by molar-refractivity contribution is 0.0711. The topological polar surface area (TPSA) is 156 Å². The Balaban J connectivity index is -0.000000301. The maximum atomic E-state index is 11.9. The van der Waals surface area contributed by atoms with Crippen molar-refractivity contribution in [2.75, 3.05) is 67.0 Å². The fraction of sp³-hybridized carbons (Fsp3) is 0.667. The second-order valence-corrected chi connectivity index (χ2v) is 15.1. The summed E-state index contributed by atoms with van der Waals surface area (Å²) in [7, 11) is -3.29. The average molecular weight is 781 g/mol. The maximum absolute atomic E-state index is 11.9. The molecule has 11 nitrogen and oxygen atoms in total. The van der Waals surface area contributed by atoms with Gasteiger partial charge in [-0.3, -0.25) is 4.18 Å². The molecule has 4 N–H and O–H groups in total. The first kappa shape index (κ1) is 56.8. The van der Waals surface area contributed by atoms with E-state index in [4.69, 9.17) is 33.4 Å². The lowest BCUT2D eigenvalue weighted by Gasteiger charge is -2.13. The summed E-state index contributed by atoms with van der Waals surface area (Å²) < 4.78 is 68.8. The molecular weight excluding hydrogens is 705 g/mol. The van der Waals surface area contributed by atoms with Crippen molar-refractivity contribution < 1.29 is 40.3 Å². The Morgan fingerprint density at radius 3 is 1.60 bits per heavy atom. The predicted molar refractivity (Wildman–Crippen MR) is 221 cm³/mol. The minimum absolute atomic E-state index is 0. The molecule has 0 heterocycles. The zero-order valence-electron chi connectivity index (χ0n) is 32.0. The smallest absolute Gasteiger partial charge is 0.297 e. The fourth-order valence-corrected chi connectivity index (χ4v) is 5.50. The van der Waals surface area contributed by atoms with Crippen LogP contribution in [-0.2, 0) is 43.1 Å². The zero-order chi connectivity index (χ0) is 38.3. The van der Waals surface area contributed by atoms with Crippen molar-refractivity contribution in [2.45, 2.75) is 117 Å². The lowest BCUT2D eigenvalue weighted by Crippen LogP contribution is -2.29. The van der Waals surface area contributed by atoms with E-state index in [2.05, 4.69) is 32.0 Å². The van der Waals surface area contributed by atoms with Crippen molar-refractivity contribution in [1.82, 2.24) is 5.32 Å². The van der Waals surface area contributed by atoms with Crippen LogP contribution >= 0.6 is 0 Å². The first-order valence-corrected chi connectivity index (χ1v) is 20.5. The van der Waals surface area contributed by atoms with E-state index in [0.717, 1.165) is 43.5 Å². The normalized spacial score (nSPS) is 12.8. The summed E-state index contributed by atoms with van der Waals surface area (Å²) >= 11 is 0. The van der Waals surface area contributed by atoms with Gasteiger partial charge in [0.15, 0.2) is 0 Å². The van der Waals surface area contributed by atoms with E-state index in [9.17, 15) is 12.6 Å². The molecule has 0 bridgehead atoms. The van der Waals surface area contributed by atoms with Crippen LogP contribution in [-0.4, -0.2) is 102 Å². The number of hydrogen-bond donors (Lipinski definition) is 3. The molecule has 0 saturated heterocycles. The molecule has 2 aromatic rings. The van der Waals surface area contributed by atoms with E-state index in [1.54, 1.807) is 69.7 Å². The van der Waals surface area contributed by atoms with E-state index in [0.29, 0.717) is 50.5 Å². The Morgan fingerprint density at radius 1 is 0.731 bits per heavy atom. The van der Waals surface area contributed by atoms with Gasteiger partial charge in [-0.15, -0.1) is 0 Å². The number of rotatable bonds is 22. The van der Waals surface area contributed by atoms with E-state index < -0.39 is 19.9 Å². The lowest BCUT2D eigenvalue weighted by atomic mass is 10.1. The van der Waals surface area contributed by atoms with Crippen molar-refractivity contribution in [1.29, 1.82) is 0 Å². The van der Waals surface area contributed by atoms with Gasteiger partial charge in [0.2, 0.25) is 0 Å². The Hall–Kier alpha value is -1.91. The first-order valence-electron chi connectivity index (χ1n) is 17.4. The number of hydrogen-bond acceptors (Lipinski definition) is 10. The largest absolute Gasteiger partial charge is 0.382 e. The summed E-state index contributed by atoms with van der Waals surface area (Å²) in [5.74, 6) is 3.15. The van der Waals surface area contributed by atoms with Gasteiger partial charge in [-0.1, -0.05) is 89.8 Å². The molecule has 2 aromatic carbocycles. The minimum atomic E-state index is -3.61. The van der Waals surface area contributed by atoms with Crippen LogP contribution in [0.15, 0.2) is 58.3 Å². The summed E-state index contributed by atoms with van der Waals surface area (Å²) in [5, 5.41) is 3.43. The molecule has 0 aliphatic heterocycles. The number of benzene rings is 2. The van der Waals surface area contributed by atoms with E-state index in [1.807, 2.05) is 13.8 Å². The SMILES string of the molecule is C.C.C=S(=O)(O)c1ccc(C)cc1.CCCCC(C)NCCOCCOC.CCCCC(C)OS(=O)(=O)c1ccc(C)cc1.COCCOCCN. The summed E-state index contributed by atoms with van der Waals surface area (Å²) in [6.07, 6.45) is 6.36. The van der Waals surface area contributed by atoms with Crippen LogP contribution in [0.3, 0.4) is 0 Å². The van der Waals surface area contributed by atoms with Gasteiger partial charge in [-0.25, -0.2) is 4.21 Å². The third kappa shape index (κ3) is 33.9. The van der Waals surface area contributed by atoms with Gasteiger partial charge in [0, 0.05) is 33.4 Å². The minimum Gasteiger partial charge on any atom is -0.382 e. The van der Waals surface area contributed by atoms with Crippen molar-refractivity contribution in [3.8, 4) is 0 Å². The molecule has 0 aromatic heterocycles. The highest BCUT2D eigenvalue weighted by molar-refractivity contribution is 7.95. The molecule has 0 saturated carbocycles. The first-order chi connectivity index (χ1) is 23.7. The maximum Gasteiger partial charge on any atom is 0.297 e. The number of methoxy groups -OCH3 is 2. The predicted octanol–water partition coefficient (Wildman–Crippen LogP) is 7.52. The molecule has 13 heteroatoms. The Bertz CT molecular complexity index is 1250. The third-order valence-corrected chi connectivity index (χ3v) is 9.25. The van der Waals surface area contributed by atoms with Crippen molar-refractivity contribution in [2.24, 2.45) is 5.73 Å². The average Bonchev–Trinajstić information content (AvgIpc) is 3.07. The summed E-state index contributed by atoms with van der Waals surface area (Å²) in [6.45, 7) is 17.8.